The Kier molecular flexibility index (Phi) is 11.1. The molecule has 0 aliphatic heterocycles. The molecule has 0 spiro atoms. The Bertz CT molecular complexity index is 1550. The first kappa shape index (κ1) is 32.2. The molecule has 3 aromatic carbocycles. The van der Waals surface area contributed by atoms with Crippen molar-refractivity contribution >= 4 is 28.3 Å². The van der Waals surface area contributed by atoms with Crippen LogP contribution in [0, 0.1) is 5.82 Å². The number of hydrogen-bond donors (Lipinski definition) is 2. The fourth-order valence-corrected chi connectivity index (χ4v) is 3.89. The van der Waals surface area contributed by atoms with Crippen LogP contribution in [0.2, 0.25) is 0 Å². The minimum absolute atomic E-state index is 0.226. The van der Waals surface area contributed by atoms with Gasteiger partial charge in [-0.2, -0.15) is 13.2 Å². The molecule has 0 unspecified atom stereocenters. The minimum Gasteiger partial charge on any atom is -0.487 e. The topological polar surface area (TPSA) is 113 Å². The predicted octanol–water partition coefficient (Wildman–Crippen LogP) is 7.05. The molecule has 1 heterocycles. The Morgan fingerprint density at radius 2 is 1.41 bits per heavy atom. The quantitative estimate of drug-likeness (QED) is 0.114. The number of urea groups is 1. The summed E-state index contributed by atoms with van der Waals surface area (Å²) in [5.74, 6) is 0.0952. The number of aromatic nitrogens is 2. The maximum absolute atomic E-state index is 13.5. The summed E-state index contributed by atoms with van der Waals surface area (Å²) in [7, 11) is 0. The maximum Gasteiger partial charge on any atom is 0.419 e. The second-order valence-corrected chi connectivity index (χ2v) is 8.98. The number of nitrogens with zero attached hydrogens (tertiary/aromatic N) is 2. The Hall–Kier alpha value is -4.69. The number of carbonyl (C=O) groups is 1. The van der Waals surface area contributed by atoms with Crippen molar-refractivity contribution in [2.75, 3.05) is 50.3 Å². The van der Waals surface area contributed by atoms with E-state index in [1.54, 1.807) is 24.3 Å². The molecule has 0 aliphatic carbocycles. The van der Waals surface area contributed by atoms with E-state index in [0.29, 0.717) is 79.0 Å². The Labute approximate surface area is 250 Å². The van der Waals surface area contributed by atoms with Gasteiger partial charge in [-0.05, 0) is 62.4 Å². The number of ether oxygens (including phenoxy) is 5. The van der Waals surface area contributed by atoms with Crippen molar-refractivity contribution in [3.8, 4) is 23.1 Å². The molecule has 1 aromatic heterocycles. The smallest absolute Gasteiger partial charge is 0.419 e. The number of alkyl halides is 3. The molecule has 0 bridgehead atoms. The zero-order chi connectivity index (χ0) is 31.5. The van der Waals surface area contributed by atoms with Crippen molar-refractivity contribution < 1.29 is 46.0 Å². The van der Waals surface area contributed by atoms with Crippen LogP contribution >= 0.6 is 0 Å². The Morgan fingerprint density at radius 3 is 2.05 bits per heavy atom. The number of amides is 2. The molecule has 234 valence electrons. The summed E-state index contributed by atoms with van der Waals surface area (Å²) in [6, 6.07) is 11.0. The molecule has 0 saturated carbocycles. The molecule has 2 N–H and O–H groups in total. The van der Waals surface area contributed by atoms with Crippen LogP contribution in [0.15, 0.2) is 60.9 Å². The molecule has 0 saturated heterocycles. The number of benzene rings is 3. The van der Waals surface area contributed by atoms with Crippen LogP contribution in [0.5, 0.6) is 23.1 Å². The molecule has 2 amide bonds. The average Bonchev–Trinajstić information content (AvgIpc) is 2.99. The number of nitrogens with one attached hydrogen (secondary N) is 2. The summed E-state index contributed by atoms with van der Waals surface area (Å²) in [6.07, 6.45) is -3.56. The van der Waals surface area contributed by atoms with E-state index >= 15 is 0 Å². The van der Waals surface area contributed by atoms with Gasteiger partial charge in [0.05, 0.1) is 29.7 Å². The van der Waals surface area contributed by atoms with E-state index in [0.717, 1.165) is 6.07 Å². The fraction of sp³-hybridized carbons (Fsp3) is 0.300. The fourth-order valence-electron chi connectivity index (χ4n) is 3.89. The SMILES string of the molecule is CCOCCOc1cc2ncnc(Oc3ccc(NC(=O)Nc4ccc(F)c(C(F)(F)F)c4)cc3)c2cc1OCCOCC. The zero-order valence-electron chi connectivity index (χ0n) is 23.9. The second kappa shape index (κ2) is 15.2. The number of anilines is 2. The monoisotopic (exact) mass is 618 g/mol. The number of hydrogen-bond acceptors (Lipinski definition) is 8. The van der Waals surface area contributed by atoms with Gasteiger partial charge in [0.1, 0.15) is 31.1 Å². The van der Waals surface area contributed by atoms with Crippen LogP contribution in [0.4, 0.5) is 33.7 Å². The normalized spacial score (nSPS) is 11.3. The maximum atomic E-state index is 13.5. The highest BCUT2D eigenvalue weighted by Gasteiger charge is 2.34. The van der Waals surface area contributed by atoms with Gasteiger partial charge in [-0.3, -0.25) is 0 Å². The molecule has 4 aromatic rings. The summed E-state index contributed by atoms with van der Waals surface area (Å²) < 4.78 is 80.9. The van der Waals surface area contributed by atoms with E-state index in [9.17, 15) is 22.4 Å². The summed E-state index contributed by atoms with van der Waals surface area (Å²) >= 11 is 0. The van der Waals surface area contributed by atoms with Gasteiger partial charge in [-0.1, -0.05) is 0 Å². The first-order valence-electron chi connectivity index (χ1n) is 13.6. The zero-order valence-corrected chi connectivity index (χ0v) is 23.9. The van der Waals surface area contributed by atoms with Gasteiger partial charge in [0.15, 0.2) is 11.5 Å². The van der Waals surface area contributed by atoms with Crippen LogP contribution in [0.1, 0.15) is 19.4 Å². The molecule has 0 fully saturated rings. The number of rotatable bonds is 14. The molecule has 44 heavy (non-hydrogen) atoms. The third-order valence-electron chi connectivity index (χ3n) is 5.90. The van der Waals surface area contributed by atoms with E-state index in [4.69, 9.17) is 23.7 Å². The van der Waals surface area contributed by atoms with Gasteiger partial charge in [0.2, 0.25) is 5.88 Å². The predicted molar refractivity (Wildman–Crippen MR) is 154 cm³/mol. The molecular weight excluding hydrogens is 588 g/mol. The lowest BCUT2D eigenvalue weighted by molar-refractivity contribution is -0.139. The van der Waals surface area contributed by atoms with Crippen molar-refractivity contribution in [2.24, 2.45) is 0 Å². The number of halogens is 4. The van der Waals surface area contributed by atoms with Crippen LogP contribution in [-0.4, -0.2) is 55.6 Å². The minimum atomic E-state index is -4.90. The Balaban J connectivity index is 1.46. The number of carbonyl (C=O) groups excluding carboxylic acids is 1. The van der Waals surface area contributed by atoms with Gasteiger partial charge in [-0.25, -0.2) is 19.2 Å². The molecule has 14 heteroatoms. The molecule has 10 nitrogen and oxygen atoms in total. The van der Waals surface area contributed by atoms with E-state index in [2.05, 4.69) is 20.6 Å². The third-order valence-corrected chi connectivity index (χ3v) is 5.90. The van der Waals surface area contributed by atoms with Crippen LogP contribution in [-0.2, 0) is 15.7 Å². The molecule has 0 aliphatic rings. The van der Waals surface area contributed by atoms with Crippen LogP contribution < -0.4 is 24.8 Å². The van der Waals surface area contributed by atoms with Gasteiger partial charge < -0.3 is 34.3 Å². The van der Waals surface area contributed by atoms with Gasteiger partial charge in [-0.15, -0.1) is 0 Å². The summed E-state index contributed by atoms with van der Waals surface area (Å²) in [4.78, 5) is 20.9. The molecular formula is C30H30F4N4O6. The lowest BCUT2D eigenvalue weighted by atomic mass is 10.2. The standard InChI is InChI=1S/C30H30F4N4O6/c1-3-40-11-13-42-26-16-22-25(17-27(26)43-14-12-41-4-2)35-18-36-28(22)44-21-8-5-19(6-9-21)37-29(39)38-20-7-10-24(31)23(15-20)30(32,33)34/h5-10,15-18H,3-4,11-14H2,1-2H3,(H2,37,38,39). The average molecular weight is 619 g/mol. The van der Waals surface area contributed by atoms with Crippen molar-refractivity contribution in [3.63, 3.8) is 0 Å². The summed E-state index contributed by atoms with van der Waals surface area (Å²) in [6.45, 7) is 6.30. The summed E-state index contributed by atoms with van der Waals surface area (Å²) in [5, 5.41) is 5.30. The van der Waals surface area contributed by atoms with Crippen molar-refractivity contribution in [2.45, 2.75) is 20.0 Å². The van der Waals surface area contributed by atoms with Crippen molar-refractivity contribution in [1.29, 1.82) is 0 Å². The first-order valence-corrected chi connectivity index (χ1v) is 13.6. The third kappa shape index (κ3) is 8.91. The lowest BCUT2D eigenvalue weighted by Gasteiger charge is -2.15. The molecule has 4 rings (SSSR count). The van der Waals surface area contributed by atoms with E-state index in [1.807, 2.05) is 13.8 Å². The highest BCUT2D eigenvalue weighted by Crippen LogP contribution is 2.37. The highest BCUT2D eigenvalue weighted by atomic mass is 19.4. The van der Waals surface area contributed by atoms with E-state index in [1.165, 1.54) is 18.5 Å². The van der Waals surface area contributed by atoms with E-state index < -0.39 is 23.6 Å². The number of fused-ring (bicyclic) bond motifs is 1. The van der Waals surface area contributed by atoms with Gasteiger partial charge >= 0.3 is 12.2 Å². The van der Waals surface area contributed by atoms with Gasteiger partial charge in [0.25, 0.3) is 0 Å². The van der Waals surface area contributed by atoms with Crippen molar-refractivity contribution in [3.05, 3.63) is 72.3 Å². The summed E-state index contributed by atoms with van der Waals surface area (Å²) in [5.41, 5.74) is -0.846. The van der Waals surface area contributed by atoms with Crippen molar-refractivity contribution in [1.82, 2.24) is 9.97 Å². The molecule has 0 atom stereocenters. The lowest BCUT2D eigenvalue weighted by Crippen LogP contribution is -2.20. The van der Waals surface area contributed by atoms with Crippen LogP contribution in [0.25, 0.3) is 10.9 Å². The highest BCUT2D eigenvalue weighted by molar-refractivity contribution is 5.99. The first-order chi connectivity index (χ1) is 21.2. The van der Waals surface area contributed by atoms with E-state index in [-0.39, 0.29) is 18.2 Å². The largest absolute Gasteiger partial charge is 0.487 e. The molecule has 0 radical (unpaired) electrons. The van der Waals surface area contributed by atoms with Crippen LogP contribution in [0.3, 0.4) is 0 Å². The van der Waals surface area contributed by atoms with Gasteiger partial charge in [0, 0.05) is 30.7 Å². The Morgan fingerprint density at radius 1 is 0.795 bits per heavy atom. The second-order valence-electron chi connectivity index (χ2n) is 8.98.